The molecule has 0 saturated heterocycles. The first-order valence-corrected chi connectivity index (χ1v) is 10.3. The van der Waals surface area contributed by atoms with Crippen molar-refractivity contribution in [2.45, 2.75) is 49.1 Å². The van der Waals surface area contributed by atoms with Gasteiger partial charge in [-0.1, -0.05) is 37.7 Å². The monoisotopic (exact) mass is 412 g/mol. The van der Waals surface area contributed by atoms with Crippen LogP contribution in [-0.2, 0) is 13.0 Å². The molecule has 3 aromatic rings. The second-order valence-electron chi connectivity index (χ2n) is 6.96. The lowest BCUT2D eigenvalue weighted by Gasteiger charge is -2.13. The molecule has 152 valence electrons. The molecule has 0 amide bonds. The van der Waals surface area contributed by atoms with Crippen LogP contribution in [0.5, 0.6) is 0 Å². The maximum absolute atomic E-state index is 11.2. The van der Waals surface area contributed by atoms with Crippen LogP contribution in [-0.4, -0.2) is 31.2 Å². The standard InChI is InChI=1S/C21H24N4O3S/c1-15(2)20-21(29-18-9-5-8-17(13-18)25(27)28)24(19(23-20)10-6-12-26)14-16-7-3-4-11-22-16/h3-5,7-9,11,13,15,26H,6,10,12,14H2,1-2H3. The Morgan fingerprint density at radius 2 is 2.07 bits per heavy atom. The molecule has 0 spiro atoms. The fourth-order valence-electron chi connectivity index (χ4n) is 3.00. The third-order valence-corrected chi connectivity index (χ3v) is 5.53. The Hall–Kier alpha value is -2.71. The summed E-state index contributed by atoms with van der Waals surface area (Å²) in [7, 11) is 0. The minimum absolute atomic E-state index is 0.0670. The zero-order chi connectivity index (χ0) is 20.8. The average molecular weight is 413 g/mol. The van der Waals surface area contributed by atoms with Crippen LogP contribution in [0.15, 0.2) is 58.6 Å². The minimum Gasteiger partial charge on any atom is -0.396 e. The third kappa shape index (κ3) is 5.21. The van der Waals surface area contributed by atoms with Crippen molar-refractivity contribution in [3.05, 3.63) is 76.0 Å². The molecule has 1 N–H and O–H groups in total. The van der Waals surface area contributed by atoms with Crippen molar-refractivity contribution in [2.24, 2.45) is 0 Å². The highest BCUT2D eigenvalue weighted by atomic mass is 32.2. The molecule has 7 nitrogen and oxygen atoms in total. The summed E-state index contributed by atoms with van der Waals surface area (Å²) in [6.07, 6.45) is 3.03. The van der Waals surface area contributed by atoms with Crippen molar-refractivity contribution >= 4 is 17.4 Å². The lowest BCUT2D eigenvalue weighted by molar-refractivity contribution is -0.385. The molecule has 0 aliphatic rings. The van der Waals surface area contributed by atoms with E-state index < -0.39 is 0 Å². The van der Waals surface area contributed by atoms with Crippen molar-refractivity contribution in [3.63, 3.8) is 0 Å². The number of aromatic nitrogens is 3. The van der Waals surface area contributed by atoms with Crippen LogP contribution < -0.4 is 0 Å². The normalized spacial score (nSPS) is 11.2. The SMILES string of the molecule is CC(C)c1nc(CCCO)n(Cc2ccccn2)c1Sc1cccc([N+](=O)[O-])c1. The molecular weight excluding hydrogens is 388 g/mol. The van der Waals surface area contributed by atoms with Gasteiger partial charge in [-0.25, -0.2) is 4.98 Å². The maximum atomic E-state index is 11.2. The molecule has 2 heterocycles. The van der Waals surface area contributed by atoms with Gasteiger partial charge in [0, 0.05) is 36.3 Å². The smallest absolute Gasteiger partial charge is 0.270 e. The predicted molar refractivity (Wildman–Crippen MR) is 112 cm³/mol. The van der Waals surface area contributed by atoms with E-state index in [9.17, 15) is 15.2 Å². The highest BCUT2D eigenvalue weighted by molar-refractivity contribution is 7.99. The van der Waals surface area contributed by atoms with Gasteiger partial charge in [0.15, 0.2) is 0 Å². The van der Waals surface area contributed by atoms with Crippen molar-refractivity contribution < 1.29 is 10.0 Å². The first-order chi connectivity index (χ1) is 14.0. The number of aliphatic hydroxyl groups is 1. The number of nitro benzene ring substituents is 1. The number of hydrogen-bond acceptors (Lipinski definition) is 6. The van der Waals surface area contributed by atoms with Gasteiger partial charge in [0.1, 0.15) is 10.9 Å². The van der Waals surface area contributed by atoms with Gasteiger partial charge < -0.3 is 9.67 Å². The molecule has 1 aromatic carbocycles. The van der Waals surface area contributed by atoms with Crippen LogP contribution in [0.3, 0.4) is 0 Å². The zero-order valence-electron chi connectivity index (χ0n) is 16.5. The van der Waals surface area contributed by atoms with Crippen molar-refractivity contribution in [3.8, 4) is 0 Å². The molecule has 0 unspecified atom stereocenters. The fraction of sp³-hybridized carbons (Fsp3) is 0.333. The highest BCUT2D eigenvalue weighted by Crippen LogP contribution is 2.36. The summed E-state index contributed by atoms with van der Waals surface area (Å²) in [5, 5.41) is 21.4. The Kier molecular flexibility index (Phi) is 7.00. The number of aryl methyl sites for hydroxylation is 1. The van der Waals surface area contributed by atoms with Crippen LogP contribution in [0.25, 0.3) is 0 Å². The molecule has 0 saturated carbocycles. The predicted octanol–water partition coefficient (Wildman–Crippen LogP) is 4.43. The van der Waals surface area contributed by atoms with E-state index in [2.05, 4.69) is 23.4 Å². The molecule has 29 heavy (non-hydrogen) atoms. The summed E-state index contributed by atoms with van der Waals surface area (Å²) in [6.45, 7) is 4.82. The summed E-state index contributed by atoms with van der Waals surface area (Å²) < 4.78 is 2.12. The van der Waals surface area contributed by atoms with Gasteiger partial charge in [0.2, 0.25) is 0 Å². The molecule has 3 rings (SSSR count). The van der Waals surface area contributed by atoms with Crippen LogP contribution in [0, 0.1) is 10.1 Å². The van der Waals surface area contributed by atoms with Crippen LogP contribution in [0.2, 0.25) is 0 Å². The van der Waals surface area contributed by atoms with Crippen molar-refractivity contribution in [2.75, 3.05) is 6.61 Å². The van der Waals surface area contributed by atoms with E-state index >= 15 is 0 Å². The summed E-state index contributed by atoms with van der Waals surface area (Å²) in [4.78, 5) is 20.9. The third-order valence-electron chi connectivity index (χ3n) is 4.42. The number of nitro groups is 1. The van der Waals surface area contributed by atoms with E-state index in [1.165, 1.54) is 17.8 Å². The van der Waals surface area contributed by atoms with Gasteiger partial charge in [-0.2, -0.15) is 0 Å². The van der Waals surface area contributed by atoms with Crippen LogP contribution >= 0.6 is 11.8 Å². The molecule has 0 atom stereocenters. The average Bonchev–Trinajstić information content (AvgIpc) is 3.05. The number of nitrogens with zero attached hydrogens (tertiary/aromatic N) is 4. The molecule has 8 heteroatoms. The number of hydrogen-bond donors (Lipinski definition) is 1. The molecular formula is C21H24N4O3S. The van der Waals surface area contributed by atoms with E-state index in [0.29, 0.717) is 19.4 Å². The van der Waals surface area contributed by atoms with E-state index in [0.717, 1.165) is 27.1 Å². The molecule has 0 fully saturated rings. The second kappa shape index (κ2) is 9.67. The van der Waals surface area contributed by atoms with Crippen molar-refractivity contribution in [1.29, 1.82) is 0 Å². The van der Waals surface area contributed by atoms with Gasteiger partial charge in [0.25, 0.3) is 5.69 Å². The molecule has 0 aliphatic carbocycles. The van der Waals surface area contributed by atoms with E-state index in [-0.39, 0.29) is 23.1 Å². The fourth-order valence-corrected chi connectivity index (χ4v) is 4.22. The number of pyridine rings is 1. The summed E-state index contributed by atoms with van der Waals surface area (Å²) in [6, 6.07) is 12.4. The summed E-state index contributed by atoms with van der Waals surface area (Å²) in [5.74, 6) is 1.08. The first kappa shape index (κ1) is 21.0. The summed E-state index contributed by atoms with van der Waals surface area (Å²) >= 11 is 1.48. The molecule has 0 bridgehead atoms. The lowest BCUT2D eigenvalue weighted by Crippen LogP contribution is -2.08. The van der Waals surface area contributed by atoms with Gasteiger partial charge in [0.05, 0.1) is 22.9 Å². The molecule has 0 radical (unpaired) electrons. The summed E-state index contributed by atoms with van der Waals surface area (Å²) in [5.41, 5.74) is 1.93. The van der Waals surface area contributed by atoms with Gasteiger partial charge in [-0.15, -0.1) is 0 Å². The number of rotatable bonds is 9. The number of benzene rings is 1. The maximum Gasteiger partial charge on any atom is 0.270 e. The Balaban J connectivity index is 2.05. The van der Waals surface area contributed by atoms with Crippen LogP contribution in [0.4, 0.5) is 5.69 Å². The van der Waals surface area contributed by atoms with Crippen molar-refractivity contribution in [1.82, 2.24) is 14.5 Å². The Morgan fingerprint density at radius 3 is 2.72 bits per heavy atom. The second-order valence-corrected chi connectivity index (χ2v) is 8.03. The van der Waals surface area contributed by atoms with E-state index in [1.54, 1.807) is 18.3 Å². The number of non-ortho nitro benzene ring substituents is 1. The zero-order valence-corrected chi connectivity index (χ0v) is 17.3. The quantitative estimate of drug-likeness (QED) is 0.413. The molecule has 0 aliphatic heterocycles. The Bertz CT molecular complexity index is 973. The lowest BCUT2D eigenvalue weighted by atomic mass is 10.1. The highest BCUT2D eigenvalue weighted by Gasteiger charge is 2.21. The Labute approximate surface area is 174 Å². The van der Waals surface area contributed by atoms with Gasteiger partial charge in [-0.05, 0) is 30.5 Å². The number of imidazole rings is 1. The van der Waals surface area contributed by atoms with E-state index in [4.69, 9.17) is 4.98 Å². The first-order valence-electron chi connectivity index (χ1n) is 9.52. The van der Waals surface area contributed by atoms with Gasteiger partial charge >= 0.3 is 0 Å². The van der Waals surface area contributed by atoms with E-state index in [1.807, 2.05) is 24.3 Å². The number of aliphatic hydroxyl groups excluding tert-OH is 1. The largest absolute Gasteiger partial charge is 0.396 e. The van der Waals surface area contributed by atoms with Crippen LogP contribution in [0.1, 0.15) is 43.4 Å². The van der Waals surface area contributed by atoms with Gasteiger partial charge in [-0.3, -0.25) is 15.1 Å². The Morgan fingerprint density at radius 1 is 1.24 bits per heavy atom. The topological polar surface area (TPSA) is 94.1 Å². The minimum atomic E-state index is -0.384. The molecule has 2 aromatic heterocycles.